The van der Waals surface area contributed by atoms with E-state index in [1.807, 2.05) is 0 Å². The number of rotatable bonds is 2. The van der Waals surface area contributed by atoms with Crippen LogP contribution in [0.15, 0.2) is 12.3 Å². The Labute approximate surface area is 83.7 Å². The van der Waals surface area contributed by atoms with E-state index in [1.54, 1.807) is 11.1 Å². The van der Waals surface area contributed by atoms with Crippen LogP contribution < -0.4 is 0 Å². The number of hydrogen-bond acceptors (Lipinski definition) is 3. The van der Waals surface area contributed by atoms with E-state index >= 15 is 0 Å². The fourth-order valence-electron chi connectivity index (χ4n) is 1.56. The summed E-state index contributed by atoms with van der Waals surface area (Å²) >= 11 is 0. The molecule has 0 bridgehead atoms. The monoisotopic (exact) mass is 213 g/mol. The molecule has 1 unspecified atom stereocenters. The Bertz CT molecular complexity index is 333. The van der Waals surface area contributed by atoms with Gasteiger partial charge in [-0.2, -0.15) is 0 Å². The van der Waals surface area contributed by atoms with E-state index < -0.39 is 12.0 Å². The summed E-state index contributed by atoms with van der Waals surface area (Å²) in [4.78, 5) is 12.6. The van der Waals surface area contributed by atoms with E-state index in [2.05, 4.69) is 5.63 Å². The van der Waals surface area contributed by atoms with Crippen LogP contribution in [0.1, 0.15) is 19.3 Å². The number of nitrogens with zero attached hydrogens (tertiary/aromatic N) is 1. The SMILES string of the molecule is O=P#CC=CN1CCCCC1C(=O)O. The van der Waals surface area contributed by atoms with Gasteiger partial charge in [-0.15, -0.1) is 0 Å². The van der Waals surface area contributed by atoms with Crippen molar-refractivity contribution in [2.24, 2.45) is 0 Å². The standard InChI is InChI=1S/C9H12NO3P/c11-9(12)8-4-1-2-5-10(8)6-3-7-14-13/h3,6,8H,1-2,4-5H2,(H,11,12). The van der Waals surface area contributed by atoms with Crippen LogP contribution in [0.5, 0.6) is 0 Å². The second kappa shape index (κ2) is 5.69. The number of carbonyl (C=O) groups is 1. The number of carboxylic acids is 1. The maximum absolute atomic E-state index is 10.8. The molecule has 1 rings (SSSR count). The summed E-state index contributed by atoms with van der Waals surface area (Å²) in [5.41, 5.74) is 2.46. The number of likely N-dealkylation sites (tertiary alicyclic amines) is 1. The third kappa shape index (κ3) is 3.06. The zero-order valence-electron chi connectivity index (χ0n) is 7.72. The maximum atomic E-state index is 10.8. The first kappa shape index (κ1) is 11.1. The molecule has 1 atom stereocenters. The molecule has 0 aromatic rings. The Hall–Kier alpha value is -0.980. The fourth-order valence-corrected chi connectivity index (χ4v) is 1.68. The van der Waals surface area contributed by atoms with E-state index in [4.69, 9.17) is 5.11 Å². The normalized spacial score (nSPS) is 22.0. The second-order valence-electron chi connectivity index (χ2n) is 3.12. The first-order valence-corrected chi connectivity index (χ1v) is 5.30. The van der Waals surface area contributed by atoms with Crippen LogP contribution in [0.25, 0.3) is 0 Å². The molecule has 1 aliphatic heterocycles. The molecule has 1 aliphatic rings. The zero-order chi connectivity index (χ0) is 10.4. The topological polar surface area (TPSA) is 57.6 Å². The van der Waals surface area contributed by atoms with E-state index in [-0.39, 0.29) is 7.92 Å². The summed E-state index contributed by atoms with van der Waals surface area (Å²) in [5, 5.41) is 8.91. The van der Waals surface area contributed by atoms with E-state index in [9.17, 15) is 9.36 Å². The van der Waals surface area contributed by atoms with Crippen molar-refractivity contribution in [2.75, 3.05) is 6.54 Å². The van der Waals surface area contributed by atoms with Crippen LogP contribution in [0, 0.1) is 5.63 Å². The number of hydrogen-bond donors (Lipinski definition) is 1. The van der Waals surface area contributed by atoms with Gasteiger partial charge < -0.3 is 0 Å². The Morgan fingerprint density at radius 3 is 3.00 bits per heavy atom. The number of carboxylic acid groups (broad SMARTS) is 1. The van der Waals surface area contributed by atoms with Crippen LogP contribution in [0.3, 0.4) is 0 Å². The van der Waals surface area contributed by atoms with Crippen LogP contribution in [-0.4, -0.2) is 28.6 Å². The average Bonchev–Trinajstić information content (AvgIpc) is 2.19. The van der Waals surface area contributed by atoms with E-state index in [0.29, 0.717) is 6.42 Å². The summed E-state index contributed by atoms with van der Waals surface area (Å²) in [6.45, 7) is 0.741. The zero-order valence-corrected chi connectivity index (χ0v) is 8.61. The molecule has 4 nitrogen and oxygen atoms in total. The first-order chi connectivity index (χ1) is 6.75. The second-order valence-corrected chi connectivity index (χ2v) is 3.56. The molecule has 0 aromatic carbocycles. The minimum absolute atomic E-state index is 0.178. The Kier molecular flexibility index (Phi) is 4.51. The molecule has 5 heteroatoms. The van der Waals surface area contributed by atoms with Gasteiger partial charge >= 0.3 is 83.0 Å². The molecule has 0 spiro atoms. The molecule has 0 saturated carbocycles. The summed E-state index contributed by atoms with van der Waals surface area (Å²) < 4.78 is 10.1. The van der Waals surface area contributed by atoms with Crippen LogP contribution in [0.2, 0.25) is 0 Å². The van der Waals surface area contributed by atoms with Crippen LogP contribution >= 0.6 is 7.92 Å². The van der Waals surface area contributed by atoms with Gasteiger partial charge in [0.2, 0.25) is 0 Å². The molecule has 1 fully saturated rings. The van der Waals surface area contributed by atoms with Gasteiger partial charge in [0.25, 0.3) is 0 Å². The first-order valence-electron chi connectivity index (χ1n) is 4.49. The third-order valence-corrected chi connectivity index (χ3v) is 2.48. The summed E-state index contributed by atoms with van der Waals surface area (Å²) in [6, 6.07) is -0.440. The van der Waals surface area contributed by atoms with Gasteiger partial charge in [0.1, 0.15) is 0 Å². The fraction of sp³-hybridized carbons (Fsp3) is 0.556. The quantitative estimate of drug-likeness (QED) is 0.709. The Morgan fingerprint density at radius 1 is 1.57 bits per heavy atom. The van der Waals surface area contributed by atoms with Gasteiger partial charge in [-0.3, -0.25) is 0 Å². The molecule has 14 heavy (non-hydrogen) atoms. The molecule has 0 aliphatic carbocycles. The van der Waals surface area contributed by atoms with Gasteiger partial charge in [0.05, 0.1) is 0 Å². The molecule has 0 radical (unpaired) electrons. The molecule has 1 heterocycles. The number of piperidine rings is 1. The van der Waals surface area contributed by atoms with Gasteiger partial charge in [0, 0.05) is 0 Å². The van der Waals surface area contributed by atoms with Crippen molar-refractivity contribution in [3.63, 3.8) is 0 Å². The minimum atomic E-state index is -0.797. The van der Waals surface area contributed by atoms with E-state index in [0.717, 1.165) is 19.4 Å². The molecule has 0 amide bonds. The van der Waals surface area contributed by atoms with Crippen molar-refractivity contribution in [3.8, 4) is 5.63 Å². The van der Waals surface area contributed by atoms with Gasteiger partial charge in [0.15, 0.2) is 0 Å². The van der Waals surface area contributed by atoms with Crippen molar-refractivity contribution in [1.82, 2.24) is 4.90 Å². The molecule has 76 valence electrons. The van der Waals surface area contributed by atoms with Gasteiger partial charge in [-0.05, 0) is 0 Å². The Morgan fingerprint density at radius 2 is 2.36 bits per heavy atom. The predicted octanol–water partition coefficient (Wildman–Crippen LogP) is 1.69. The van der Waals surface area contributed by atoms with Crippen molar-refractivity contribution in [3.05, 3.63) is 12.3 Å². The van der Waals surface area contributed by atoms with Crippen molar-refractivity contribution in [2.45, 2.75) is 25.3 Å². The molecule has 1 saturated heterocycles. The number of aliphatic carboxylic acids is 1. The van der Waals surface area contributed by atoms with Crippen LogP contribution in [-0.2, 0) is 9.36 Å². The average molecular weight is 213 g/mol. The molecule has 0 aromatic heterocycles. The predicted molar refractivity (Wildman–Crippen MR) is 52.6 cm³/mol. The van der Waals surface area contributed by atoms with Gasteiger partial charge in [-0.1, -0.05) is 0 Å². The number of allylic oxidation sites excluding steroid dienone is 1. The van der Waals surface area contributed by atoms with Crippen molar-refractivity contribution >= 4 is 13.9 Å². The summed E-state index contributed by atoms with van der Waals surface area (Å²) in [7, 11) is -0.178. The summed E-state index contributed by atoms with van der Waals surface area (Å²) in [6.07, 6.45) is 5.77. The molecular formula is C9H12NO3P. The van der Waals surface area contributed by atoms with Crippen LogP contribution in [0.4, 0.5) is 0 Å². The molecule has 1 N–H and O–H groups in total. The van der Waals surface area contributed by atoms with Gasteiger partial charge in [-0.25, -0.2) is 0 Å². The third-order valence-electron chi connectivity index (χ3n) is 2.22. The molecular weight excluding hydrogens is 201 g/mol. The van der Waals surface area contributed by atoms with Crippen molar-refractivity contribution in [1.29, 1.82) is 0 Å². The summed E-state index contributed by atoms with van der Waals surface area (Å²) in [5.74, 6) is -0.797. The Balaban J connectivity index is 2.65. The van der Waals surface area contributed by atoms with E-state index in [1.165, 1.54) is 6.08 Å². The van der Waals surface area contributed by atoms with Crippen molar-refractivity contribution < 1.29 is 14.5 Å².